The van der Waals surface area contributed by atoms with E-state index in [2.05, 4.69) is 16.7 Å². The van der Waals surface area contributed by atoms with Gasteiger partial charge in [0.25, 0.3) is 0 Å². The fourth-order valence-corrected chi connectivity index (χ4v) is 1.05. The van der Waals surface area contributed by atoms with Gasteiger partial charge < -0.3 is 10.6 Å². The molecule has 2 atom stereocenters. The van der Waals surface area contributed by atoms with E-state index in [1.54, 1.807) is 0 Å². The number of rotatable bonds is 5. The van der Waals surface area contributed by atoms with Crippen LogP contribution in [0.3, 0.4) is 0 Å². The normalized spacial score (nSPS) is 19.5. The van der Waals surface area contributed by atoms with Crippen molar-refractivity contribution in [2.45, 2.75) is 38.8 Å². The minimum atomic E-state index is -0.202. The molecule has 1 fully saturated rings. The van der Waals surface area contributed by atoms with Crippen LogP contribution >= 0.6 is 0 Å². The van der Waals surface area contributed by atoms with Gasteiger partial charge in [0.15, 0.2) is 0 Å². The maximum Gasteiger partial charge on any atom is 0.237 e. The van der Waals surface area contributed by atoms with Crippen molar-refractivity contribution in [1.82, 2.24) is 10.6 Å². The molecule has 0 radical (unpaired) electrons. The highest BCUT2D eigenvalue weighted by Gasteiger charge is 2.25. The third kappa shape index (κ3) is 3.75. The maximum atomic E-state index is 11.4. The summed E-state index contributed by atoms with van der Waals surface area (Å²) in [4.78, 5) is 11.4. The fraction of sp³-hybridized carbons (Fsp3) is 0.800. The summed E-state index contributed by atoms with van der Waals surface area (Å²) in [6.45, 7) is 4.22. The average molecular weight is 195 g/mol. The van der Waals surface area contributed by atoms with Gasteiger partial charge >= 0.3 is 0 Å². The summed E-state index contributed by atoms with van der Waals surface area (Å²) in [6.07, 6.45) is 2.21. The first-order valence-electron chi connectivity index (χ1n) is 5.07. The fourth-order valence-electron chi connectivity index (χ4n) is 1.05. The molecule has 0 aliphatic heterocycles. The molecule has 0 saturated heterocycles. The van der Waals surface area contributed by atoms with Gasteiger partial charge in [-0.05, 0) is 26.7 Å². The number of nitrogens with one attached hydrogen (secondary N) is 2. The Morgan fingerprint density at radius 2 is 2.21 bits per heavy atom. The SMILES string of the molecule is CC(C#N)CNC(C)C(=O)NC1CC1. The molecule has 0 heterocycles. The monoisotopic (exact) mass is 195 g/mol. The van der Waals surface area contributed by atoms with Gasteiger partial charge in [0.1, 0.15) is 0 Å². The van der Waals surface area contributed by atoms with E-state index in [0.29, 0.717) is 12.6 Å². The third-order valence-electron chi connectivity index (χ3n) is 2.27. The van der Waals surface area contributed by atoms with Crippen LogP contribution in [0.4, 0.5) is 0 Å². The molecule has 0 aromatic carbocycles. The van der Waals surface area contributed by atoms with E-state index < -0.39 is 0 Å². The lowest BCUT2D eigenvalue weighted by Crippen LogP contribution is -2.44. The Bertz CT molecular complexity index is 242. The summed E-state index contributed by atoms with van der Waals surface area (Å²) in [7, 11) is 0. The molecule has 1 aliphatic rings. The maximum absolute atomic E-state index is 11.4. The van der Waals surface area contributed by atoms with Crippen molar-refractivity contribution in [2.75, 3.05) is 6.54 Å². The van der Waals surface area contributed by atoms with Gasteiger partial charge in [-0.15, -0.1) is 0 Å². The van der Waals surface area contributed by atoms with Crippen molar-refractivity contribution in [3.63, 3.8) is 0 Å². The summed E-state index contributed by atoms with van der Waals surface area (Å²) in [6, 6.07) is 2.32. The number of hydrogen-bond acceptors (Lipinski definition) is 3. The lowest BCUT2D eigenvalue weighted by atomic mass is 10.2. The highest BCUT2D eigenvalue weighted by Crippen LogP contribution is 2.18. The van der Waals surface area contributed by atoms with E-state index in [4.69, 9.17) is 5.26 Å². The van der Waals surface area contributed by atoms with Crippen molar-refractivity contribution in [3.8, 4) is 6.07 Å². The Balaban J connectivity index is 2.16. The average Bonchev–Trinajstić information content (AvgIpc) is 2.97. The van der Waals surface area contributed by atoms with Crippen LogP contribution in [0, 0.1) is 17.2 Å². The number of nitrogens with zero attached hydrogens (tertiary/aromatic N) is 1. The molecular formula is C10H17N3O. The van der Waals surface area contributed by atoms with Crippen molar-refractivity contribution < 1.29 is 4.79 Å². The second kappa shape index (κ2) is 4.97. The molecule has 2 N–H and O–H groups in total. The number of amides is 1. The molecule has 1 aliphatic carbocycles. The summed E-state index contributed by atoms with van der Waals surface area (Å²) >= 11 is 0. The zero-order valence-corrected chi connectivity index (χ0v) is 8.71. The summed E-state index contributed by atoms with van der Waals surface area (Å²) in [5.74, 6) is -0.0104. The Kier molecular flexibility index (Phi) is 3.90. The molecule has 0 aromatic heterocycles. The number of nitriles is 1. The van der Waals surface area contributed by atoms with Crippen molar-refractivity contribution in [2.24, 2.45) is 5.92 Å². The lowest BCUT2D eigenvalue weighted by molar-refractivity contribution is -0.122. The molecule has 4 nitrogen and oxygen atoms in total. The Labute approximate surface area is 84.7 Å². The van der Waals surface area contributed by atoms with Gasteiger partial charge in [-0.3, -0.25) is 4.79 Å². The zero-order chi connectivity index (χ0) is 10.6. The molecule has 14 heavy (non-hydrogen) atoms. The lowest BCUT2D eigenvalue weighted by Gasteiger charge is -2.14. The van der Waals surface area contributed by atoms with E-state index >= 15 is 0 Å². The molecule has 1 saturated carbocycles. The highest BCUT2D eigenvalue weighted by molar-refractivity contribution is 5.81. The first kappa shape index (κ1) is 11.0. The zero-order valence-electron chi connectivity index (χ0n) is 8.71. The van der Waals surface area contributed by atoms with Crippen molar-refractivity contribution >= 4 is 5.91 Å². The van der Waals surface area contributed by atoms with E-state index in [9.17, 15) is 4.79 Å². The number of hydrogen-bond donors (Lipinski definition) is 2. The van der Waals surface area contributed by atoms with Crippen LogP contribution in [0.15, 0.2) is 0 Å². The van der Waals surface area contributed by atoms with E-state index in [1.807, 2.05) is 13.8 Å². The quantitative estimate of drug-likeness (QED) is 0.667. The number of carbonyl (C=O) groups excluding carboxylic acids is 1. The van der Waals surface area contributed by atoms with Gasteiger partial charge in [0, 0.05) is 12.6 Å². The molecule has 78 valence electrons. The van der Waals surface area contributed by atoms with Crippen molar-refractivity contribution in [3.05, 3.63) is 0 Å². The molecule has 0 spiro atoms. The molecule has 2 unspecified atom stereocenters. The Hall–Kier alpha value is -1.08. The van der Waals surface area contributed by atoms with Crippen LogP contribution in [0.2, 0.25) is 0 Å². The van der Waals surface area contributed by atoms with Crippen molar-refractivity contribution in [1.29, 1.82) is 5.26 Å². The van der Waals surface area contributed by atoms with Gasteiger partial charge in [0.05, 0.1) is 18.0 Å². The predicted molar refractivity (Wildman–Crippen MR) is 53.4 cm³/mol. The smallest absolute Gasteiger partial charge is 0.237 e. The third-order valence-corrected chi connectivity index (χ3v) is 2.27. The minimum Gasteiger partial charge on any atom is -0.352 e. The standard InChI is InChI=1S/C10H17N3O/c1-7(5-11)6-12-8(2)10(14)13-9-3-4-9/h7-9,12H,3-4,6H2,1-2H3,(H,13,14). The first-order valence-corrected chi connectivity index (χ1v) is 5.07. The molecule has 4 heteroatoms. The Morgan fingerprint density at radius 1 is 1.57 bits per heavy atom. The van der Waals surface area contributed by atoms with E-state index in [-0.39, 0.29) is 17.9 Å². The van der Waals surface area contributed by atoms with E-state index in [1.165, 1.54) is 0 Å². The second-order valence-corrected chi connectivity index (χ2v) is 3.94. The van der Waals surface area contributed by atoms with Crippen LogP contribution < -0.4 is 10.6 Å². The van der Waals surface area contributed by atoms with Crippen LogP contribution in [0.25, 0.3) is 0 Å². The second-order valence-electron chi connectivity index (χ2n) is 3.94. The Morgan fingerprint density at radius 3 is 2.71 bits per heavy atom. The van der Waals surface area contributed by atoms with Gasteiger partial charge in [-0.1, -0.05) is 0 Å². The summed E-state index contributed by atoms with van der Waals surface area (Å²) in [5, 5.41) is 14.5. The van der Waals surface area contributed by atoms with Crippen LogP contribution in [-0.2, 0) is 4.79 Å². The molecule has 0 bridgehead atoms. The summed E-state index contributed by atoms with van der Waals surface area (Å²) < 4.78 is 0. The van der Waals surface area contributed by atoms with E-state index in [0.717, 1.165) is 12.8 Å². The molecular weight excluding hydrogens is 178 g/mol. The van der Waals surface area contributed by atoms with Crippen LogP contribution in [0.1, 0.15) is 26.7 Å². The predicted octanol–water partition coefficient (Wildman–Crippen LogP) is 0.403. The first-order chi connectivity index (χ1) is 6.63. The molecule has 1 amide bonds. The van der Waals surface area contributed by atoms with Crippen LogP contribution in [0.5, 0.6) is 0 Å². The van der Waals surface area contributed by atoms with Gasteiger partial charge in [0.2, 0.25) is 5.91 Å². The number of carbonyl (C=O) groups is 1. The molecule has 0 aromatic rings. The largest absolute Gasteiger partial charge is 0.352 e. The summed E-state index contributed by atoms with van der Waals surface area (Å²) in [5.41, 5.74) is 0. The topological polar surface area (TPSA) is 64.9 Å². The minimum absolute atomic E-state index is 0.0395. The van der Waals surface area contributed by atoms with Gasteiger partial charge in [-0.2, -0.15) is 5.26 Å². The highest BCUT2D eigenvalue weighted by atomic mass is 16.2. The van der Waals surface area contributed by atoms with Gasteiger partial charge in [-0.25, -0.2) is 0 Å². The van der Waals surface area contributed by atoms with Crippen LogP contribution in [-0.4, -0.2) is 24.5 Å². The molecule has 1 rings (SSSR count).